The molecule has 1 aliphatic rings. The molecule has 0 spiro atoms. The highest BCUT2D eigenvalue weighted by Crippen LogP contribution is 2.30. The molecule has 0 radical (unpaired) electrons. The van der Waals surface area contributed by atoms with E-state index in [1.807, 2.05) is 0 Å². The van der Waals surface area contributed by atoms with Crippen LogP contribution in [0.25, 0.3) is 0 Å². The van der Waals surface area contributed by atoms with Gasteiger partial charge in [0.25, 0.3) is 0 Å². The topological polar surface area (TPSA) is 20.2 Å². The maximum Gasteiger partial charge on any atom is 0.0752 e. The van der Waals surface area contributed by atoms with Crippen molar-refractivity contribution in [3.8, 4) is 0 Å². The van der Waals surface area contributed by atoms with Crippen LogP contribution in [-0.4, -0.2) is 11.2 Å². The van der Waals surface area contributed by atoms with Gasteiger partial charge in [0.1, 0.15) is 0 Å². The summed E-state index contributed by atoms with van der Waals surface area (Å²) >= 11 is 0. The predicted molar refractivity (Wildman–Crippen MR) is 96.4 cm³/mol. The molecule has 0 aliphatic heterocycles. The van der Waals surface area contributed by atoms with E-state index >= 15 is 0 Å². The standard InChI is InChI=1S/C22H26O/c23-22-14-8-7-13-21(22)20(17-19-11-5-2-6-12-19)16-15-18-9-3-1-4-10-18/h1-6,9-12,22-23H,7-8,13-17H2/b21-20-. The molecule has 1 heteroatoms. The first-order valence-corrected chi connectivity index (χ1v) is 8.79. The zero-order valence-corrected chi connectivity index (χ0v) is 13.7. The number of rotatable bonds is 5. The first-order valence-electron chi connectivity index (χ1n) is 8.79. The van der Waals surface area contributed by atoms with Crippen LogP contribution in [-0.2, 0) is 12.8 Å². The Balaban J connectivity index is 1.79. The first-order chi connectivity index (χ1) is 11.3. The van der Waals surface area contributed by atoms with Crippen molar-refractivity contribution in [3.05, 3.63) is 82.9 Å². The van der Waals surface area contributed by atoms with Crippen molar-refractivity contribution in [2.45, 2.75) is 51.0 Å². The van der Waals surface area contributed by atoms with Crippen molar-refractivity contribution in [1.82, 2.24) is 0 Å². The maximum absolute atomic E-state index is 10.5. The average Bonchev–Trinajstić information content (AvgIpc) is 2.61. The molecule has 0 aromatic heterocycles. The lowest BCUT2D eigenvalue weighted by Gasteiger charge is -2.25. The van der Waals surface area contributed by atoms with Crippen LogP contribution in [0.15, 0.2) is 71.8 Å². The van der Waals surface area contributed by atoms with Crippen molar-refractivity contribution in [2.24, 2.45) is 0 Å². The van der Waals surface area contributed by atoms with Crippen LogP contribution in [0.3, 0.4) is 0 Å². The zero-order chi connectivity index (χ0) is 15.9. The minimum atomic E-state index is -0.224. The fraction of sp³-hybridized carbons (Fsp3) is 0.364. The molecule has 1 unspecified atom stereocenters. The summed E-state index contributed by atoms with van der Waals surface area (Å²) in [5.41, 5.74) is 5.49. The summed E-state index contributed by atoms with van der Waals surface area (Å²) < 4.78 is 0. The molecule has 3 rings (SSSR count). The Morgan fingerprint density at radius 3 is 2.17 bits per heavy atom. The number of allylic oxidation sites excluding steroid dienone is 1. The van der Waals surface area contributed by atoms with Crippen LogP contribution in [0.4, 0.5) is 0 Å². The van der Waals surface area contributed by atoms with Crippen LogP contribution >= 0.6 is 0 Å². The van der Waals surface area contributed by atoms with Gasteiger partial charge in [-0.3, -0.25) is 0 Å². The highest BCUT2D eigenvalue weighted by atomic mass is 16.3. The van der Waals surface area contributed by atoms with Gasteiger partial charge in [-0.1, -0.05) is 72.7 Å². The molecule has 0 amide bonds. The molecule has 1 fully saturated rings. The quantitative estimate of drug-likeness (QED) is 0.763. The molecule has 0 saturated heterocycles. The van der Waals surface area contributed by atoms with Gasteiger partial charge in [0.2, 0.25) is 0 Å². The molecule has 0 heterocycles. The Labute approximate surface area is 139 Å². The highest BCUT2D eigenvalue weighted by Gasteiger charge is 2.20. The molecule has 2 aromatic carbocycles. The number of aryl methyl sites for hydroxylation is 1. The van der Waals surface area contributed by atoms with E-state index in [1.165, 1.54) is 28.7 Å². The molecule has 120 valence electrons. The number of aliphatic hydroxyl groups excluding tert-OH is 1. The molecule has 1 N–H and O–H groups in total. The summed E-state index contributed by atoms with van der Waals surface area (Å²) in [6.45, 7) is 0. The molecular formula is C22H26O. The Hall–Kier alpha value is -1.86. The van der Waals surface area contributed by atoms with Gasteiger partial charge in [-0.15, -0.1) is 0 Å². The van der Waals surface area contributed by atoms with Crippen molar-refractivity contribution in [2.75, 3.05) is 0 Å². The average molecular weight is 306 g/mol. The predicted octanol–water partition coefficient (Wildman–Crippen LogP) is 5.09. The van der Waals surface area contributed by atoms with Gasteiger partial charge in [-0.05, 0) is 55.2 Å². The second-order valence-corrected chi connectivity index (χ2v) is 6.54. The van der Waals surface area contributed by atoms with Gasteiger partial charge < -0.3 is 5.11 Å². The second kappa shape index (κ2) is 8.12. The zero-order valence-electron chi connectivity index (χ0n) is 13.7. The number of aliphatic hydroxyl groups is 1. The van der Waals surface area contributed by atoms with Crippen LogP contribution in [0.5, 0.6) is 0 Å². The lowest BCUT2D eigenvalue weighted by molar-refractivity contribution is 0.176. The van der Waals surface area contributed by atoms with E-state index in [0.29, 0.717) is 0 Å². The largest absolute Gasteiger partial charge is 0.389 e. The fourth-order valence-electron chi connectivity index (χ4n) is 3.55. The van der Waals surface area contributed by atoms with Crippen molar-refractivity contribution in [3.63, 3.8) is 0 Å². The Bertz CT molecular complexity index is 628. The summed E-state index contributed by atoms with van der Waals surface area (Å²) in [5, 5.41) is 10.5. The van der Waals surface area contributed by atoms with E-state index < -0.39 is 0 Å². The normalized spacial score (nSPS) is 20.3. The van der Waals surface area contributed by atoms with Gasteiger partial charge in [-0.25, -0.2) is 0 Å². The number of hydrogen-bond acceptors (Lipinski definition) is 1. The van der Waals surface area contributed by atoms with E-state index in [2.05, 4.69) is 60.7 Å². The van der Waals surface area contributed by atoms with Gasteiger partial charge >= 0.3 is 0 Å². The Morgan fingerprint density at radius 2 is 1.52 bits per heavy atom. The van der Waals surface area contributed by atoms with Gasteiger partial charge in [-0.2, -0.15) is 0 Å². The van der Waals surface area contributed by atoms with Gasteiger partial charge in [0.15, 0.2) is 0 Å². The van der Waals surface area contributed by atoms with Crippen molar-refractivity contribution in [1.29, 1.82) is 0 Å². The third-order valence-electron chi connectivity index (χ3n) is 4.85. The molecule has 0 bridgehead atoms. The van der Waals surface area contributed by atoms with Gasteiger partial charge in [0.05, 0.1) is 6.10 Å². The number of benzene rings is 2. The molecule has 1 saturated carbocycles. The smallest absolute Gasteiger partial charge is 0.0752 e. The van der Waals surface area contributed by atoms with Crippen LogP contribution in [0, 0.1) is 0 Å². The van der Waals surface area contributed by atoms with E-state index in [9.17, 15) is 5.11 Å². The summed E-state index contributed by atoms with van der Waals surface area (Å²) in [6.07, 6.45) is 7.22. The highest BCUT2D eigenvalue weighted by molar-refractivity contribution is 5.29. The van der Waals surface area contributed by atoms with Gasteiger partial charge in [0, 0.05) is 0 Å². The molecule has 23 heavy (non-hydrogen) atoms. The van der Waals surface area contributed by atoms with E-state index in [1.54, 1.807) is 0 Å². The lowest BCUT2D eigenvalue weighted by Crippen LogP contribution is -2.18. The monoisotopic (exact) mass is 306 g/mol. The fourth-order valence-corrected chi connectivity index (χ4v) is 3.55. The first kappa shape index (κ1) is 16.0. The van der Waals surface area contributed by atoms with Crippen molar-refractivity contribution >= 4 is 0 Å². The number of hydrogen-bond donors (Lipinski definition) is 1. The minimum Gasteiger partial charge on any atom is -0.389 e. The molecule has 1 atom stereocenters. The molecule has 2 aromatic rings. The maximum atomic E-state index is 10.5. The van der Waals surface area contributed by atoms with E-state index in [0.717, 1.165) is 38.5 Å². The second-order valence-electron chi connectivity index (χ2n) is 6.54. The minimum absolute atomic E-state index is 0.224. The third kappa shape index (κ3) is 4.56. The van der Waals surface area contributed by atoms with E-state index in [4.69, 9.17) is 0 Å². The molecule has 1 aliphatic carbocycles. The third-order valence-corrected chi connectivity index (χ3v) is 4.85. The van der Waals surface area contributed by atoms with Crippen LogP contribution in [0.2, 0.25) is 0 Å². The molecule has 1 nitrogen and oxygen atoms in total. The summed E-state index contributed by atoms with van der Waals surface area (Å²) in [4.78, 5) is 0. The van der Waals surface area contributed by atoms with Crippen molar-refractivity contribution < 1.29 is 5.11 Å². The molecular weight excluding hydrogens is 280 g/mol. The van der Waals surface area contributed by atoms with Crippen LogP contribution in [0.1, 0.15) is 43.2 Å². The van der Waals surface area contributed by atoms with E-state index in [-0.39, 0.29) is 6.10 Å². The Kier molecular flexibility index (Phi) is 5.65. The van der Waals surface area contributed by atoms with Crippen LogP contribution < -0.4 is 0 Å². The SMILES string of the molecule is OC1CCCC/C1=C(\CCc1ccccc1)Cc1ccccc1. The lowest BCUT2D eigenvalue weighted by atomic mass is 9.84. The summed E-state index contributed by atoms with van der Waals surface area (Å²) in [5.74, 6) is 0. The summed E-state index contributed by atoms with van der Waals surface area (Å²) in [7, 11) is 0. The Morgan fingerprint density at radius 1 is 0.870 bits per heavy atom. The summed E-state index contributed by atoms with van der Waals surface area (Å²) in [6, 6.07) is 21.3.